The van der Waals surface area contributed by atoms with Gasteiger partial charge in [0.2, 0.25) is 5.91 Å². The Kier molecular flexibility index (Phi) is 7.50. The third-order valence-corrected chi connectivity index (χ3v) is 10.6. The molecule has 0 spiro atoms. The van der Waals surface area contributed by atoms with Crippen molar-refractivity contribution in [3.63, 3.8) is 0 Å². The summed E-state index contributed by atoms with van der Waals surface area (Å²) in [6, 6.07) is 0.405. The van der Waals surface area contributed by atoms with E-state index >= 15 is 0 Å². The molecule has 4 N–H and O–H groups in total. The number of rotatable bonds is 9. The first kappa shape index (κ1) is 29.9. The number of Topliss-reactive ketones (excluding diaryl/α,β-unsaturated/α-hetero) is 4. The molecule has 43 heavy (non-hydrogen) atoms. The number of likely N-dealkylation sites (N-methyl/N-ethyl adjacent to an activating group) is 1. The Morgan fingerprint density at radius 1 is 1.07 bits per heavy atom. The Labute approximate surface area is 250 Å². The van der Waals surface area contributed by atoms with Crippen LogP contribution in [0.1, 0.15) is 60.0 Å². The van der Waals surface area contributed by atoms with Crippen LogP contribution in [0.5, 0.6) is 11.5 Å². The molecule has 0 bridgehead atoms. The molecule has 0 aliphatic heterocycles. The molecule has 1 aromatic carbocycles. The van der Waals surface area contributed by atoms with Crippen molar-refractivity contribution >= 4 is 29.0 Å². The summed E-state index contributed by atoms with van der Waals surface area (Å²) in [7, 11) is 4.66. The van der Waals surface area contributed by atoms with Crippen LogP contribution in [0, 0.1) is 35.5 Å². The van der Waals surface area contributed by atoms with Crippen LogP contribution in [0.3, 0.4) is 0 Å². The second-order valence-corrected chi connectivity index (χ2v) is 13.7. The maximum absolute atomic E-state index is 14.0. The number of ketones is 4. The Bertz CT molecular complexity index is 1400. The SMILES string of the molecule is COc1c(CN(CC2CCC2)CC2CC2)cc(O)c2c1C[C@H]1C[C@H]3[C@H](N(C)C)C(=O)C(C(N)=O)C(=O)[C@@]3(O)C(=O)C1C2=O. The first-order valence-electron chi connectivity index (χ1n) is 15.4. The predicted octanol–water partition coefficient (Wildman–Crippen LogP) is 0.888. The largest absolute Gasteiger partial charge is 0.507 e. The summed E-state index contributed by atoms with van der Waals surface area (Å²) in [5.74, 6) is -8.68. The summed E-state index contributed by atoms with van der Waals surface area (Å²) in [4.78, 5) is 70.8. The van der Waals surface area contributed by atoms with Crippen LogP contribution >= 0.6 is 0 Å². The van der Waals surface area contributed by atoms with Gasteiger partial charge in [-0.15, -0.1) is 0 Å². The highest BCUT2D eigenvalue weighted by Crippen LogP contribution is 2.52. The van der Waals surface area contributed by atoms with Gasteiger partial charge in [-0.1, -0.05) is 6.42 Å². The molecule has 11 heteroatoms. The van der Waals surface area contributed by atoms with Crippen molar-refractivity contribution in [3.8, 4) is 11.5 Å². The number of methoxy groups -OCH3 is 1. The van der Waals surface area contributed by atoms with Gasteiger partial charge in [-0.2, -0.15) is 0 Å². The fourth-order valence-electron chi connectivity index (χ4n) is 8.24. The summed E-state index contributed by atoms with van der Waals surface area (Å²) in [5, 5.41) is 23.0. The van der Waals surface area contributed by atoms with E-state index in [2.05, 4.69) is 4.90 Å². The number of carbonyl (C=O) groups is 5. The van der Waals surface area contributed by atoms with Gasteiger partial charge in [0.05, 0.1) is 24.6 Å². The van der Waals surface area contributed by atoms with Crippen LogP contribution in [0.15, 0.2) is 6.07 Å². The van der Waals surface area contributed by atoms with E-state index in [1.165, 1.54) is 50.2 Å². The number of fused-ring (bicyclic) bond motifs is 3. The molecule has 1 aromatic rings. The van der Waals surface area contributed by atoms with Crippen LogP contribution in [-0.2, 0) is 32.1 Å². The van der Waals surface area contributed by atoms with Gasteiger partial charge in [0.15, 0.2) is 34.7 Å². The van der Waals surface area contributed by atoms with Crippen molar-refractivity contribution in [3.05, 3.63) is 22.8 Å². The van der Waals surface area contributed by atoms with Gasteiger partial charge in [-0.3, -0.25) is 33.8 Å². The van der Waals surface area contributed by atoms with Gasteiger partial charge in [0, 0.05) is 36.7 Å². The van der Waals surface area contributed by atoms with Crippen molar-refractivity contribution < 1.29 is 38.9 Å². The lowest BCUT2D eigenvalue weighted by Crippen LogP contribution is -2.74. The van der Waals surface area contributed by atoms with Crippen molar-refractivity contribution in [2.45, 2.75) is 63.1 Å². The van der Waals surface area contributed by atoms with Crippen molar-refractivity contribution in [2.75, 3.05) is 34.3 Å². The highest BCUT2D eigenvalue weighted by Gasteiger charge is 2.69. The average molecular weight is 596 g/mol. The molecule has 6 atom stereocenters. The summed E-state index contributed by atoms with van der Waals surface area (Å²) in [5.41, 5.74) is 3.88. The van der Waals surface area contributed by atoms with Gasteiger partial charge >= 0.3 is 0 Å². The maximum Gasteiger partial charge on any atom is 0.235 e. The first-order valence-corrected chi connectivity index (χ1v) is 15.4. The van der Waals surface area contributed by atoms with E-state index in [1.54, 1.807) is 14.1 Å². The minimum atomic E-state index is -2.73. The van der Waals surface area contributed by atoms with Gasteiger partial charge in [0.25, 0.3) is 0 Å². The first-order chi connectivity index (χ1) is 20.4. The molecule has 6 rings (SSSR count). The minimum Gasteiger partial charge on any atom is -0.507 e. The molecular formula is C32H41N3O8. The third kappa shape index (κ3) is 4.71. The fraction of sp³-hybridized carbons (Fsp3) is 0.656. The van der Waals surface area contributed by atoms with Crippen molar-refractivity contribution in [2.24, 2.45) is 41.2 Å². The highest BCUT2D eigenvalue weighted by molar-refractivity contribution is 6.32. The van der Waals surface area contributed by atoms with E-state index in [9.17, 15) is 34.2 Å². The molecule has 0 heterocycles. The number of primary amides is 1. The Hall–Kier alpha value is -3.15. The number of hydrogen-bond donors (Lipinski definition) is 3. The number of ether oxygens (including phenoxy) is 1. The summed E-state index contributed by atoms with van der Waals surface area (Å²) in [6.07, 6.45) is 6.30. The van der Waals surface area contributed by atoms with E-state index in [-0.39, 0.29) is 24.2 Å². The zero-order valence-corrected chi connectivity index (χ0v) is 25.0. The van der Waals surface area contributed by atoms with Crippen molar-refractivity contribution in [1.82, 2.24) is 9.80 Å². The molecule has 11 nitrogen and oxygen atoms in total. The molecular weight excluding hydrogens is 554 g/mol. The number of phenolic OH excluding ortho intramolecular Hbond substituents is 1. The molecule has 0 aromatic heterocycles. The zero-order chi connectivity index (χ0) is 31.0. The Morgan fingerprint density at radius 3 is 2.26 bits per heavy atom. The molecule has 4 saturated carbocycles. The monoisotopic (exact) mass is 595 g/mol. The number of aromatic hydroxyl groups is 1. The maximum atomic E-state index is 14.0. The van der Waals surface area contributed by atoms with Crippen LogP contribution in [0.25, 0.3) is 0 Å². The number of benzene rings is 1. The summed E-state index contributed by atoms with van der Waals surface area (Å²) in [6.45, 7) is 2.49. The summed E-state index contributed by atoms with van der Waals surface area (Å²) >= 11 is 0. The van der Waals surface area contributed by atoms with E-state index in [0.717, 1.165) is 18.7 Å². The standard InChI is InChI=1S/C32H41N3O8/c1-34(2)25-20-10-17-9-19-23(26(37)22(17)29(39)32(20,42)30(40)24(27(25)38)31(33)41)21(36)11-18(28(19)43-3)14-35(13-16-7-8-16)12-15-5-4-6-15/h11,15-17,20,22,24-25,36,42H,4-10,12-14H2,1-3H3,(H2,33,41)/t17-,20-,22?,24?,25-,32-/m0/s1. The van der Waals surface area contributed by atoms with E-state index in [4.69, 9.17) is 10.5 Å². The molecule has 0 saturated heterocycles. The van der Waals surface area contributed by atoms with Gasteiger partial charge in [-0.05, 0) is 76.4 Å². The smallest absolute Gasteiger partial charge is 0.235 e. The Morgan fingerprint density at radius 2 is 1.72 bits per heavy atom. The van der Waals surface area contributed by atoms with Crippen molar-refractivity contribution in [1.29, 1.82) is 0 Å². The van der Waals surface area contributed by atoms with Gasteiger partial charge in [-0.25, -0.2) is 0 Å². The molecule has 1 amide bonds. The number of hydrogen-bond acceptors (Lipinski definition) is 10. The second-order valence-electron chi connectivity index (χ2n) is 13.7. The lowest BCUT2D eigenvalue weighted by atomic mass is 9.52. The Balaban J connectivity index is 1.38. The lowest BCUT2D eigenvalue weighted by molar-refractivity contribution is -0.181. The van der Waals surface area contributed by atoms with E-state index in [1.807, 2.05) is 0 Å². The number of nitrogens with two attached hydrogens (primary N) is 1. The molecule has 2 unspecified atom stereocenters. The molecule has 5 aliphatic carbocycles. The number of phenols is 1. The van der Waals surface area contributed by atoms with Crippen LogP contribution in [0.4, 0.5) is 0 Å². The molecule has 0 radical (unpaired) electrons. The number of carbonyl (C=O) groups excluding carboxylic acids is 5. The number of aliphatic hydroxyl groups is 1. The van der Waals surface area contributed by atoms with Gasteiger partial charge < -0.3 is 20.7 Å². The molecule has 4 fully saturated rings. The third-order valence-electron chi connectivity index (χ3n) is 10.6. The quantitative estimate of drug-likeness (QED) is 0.349. The average Bonchev–Trinajstić information content (AvgIpc) is 3.72. The molecule has 232 valence electrons. The topological polar surface area (TPSA) is 168 Å². The zero-order valence-electron chi connectivity index (χ0n) is 25.0. The van der Waals surface area contributed by atoms with Crippen LogP contribution < -0.4 is 10.5 Å². The molecule has 5 aliphatic rings. The fourth-order valence-corrected chi connectivity index (χ4v) is 8.24. The highest BCUT2D eigenvalue weighted by atomic mass is 16.5. The number of amides is 1. The van der Waals surface area contributed by atoms with Gasteiger partial charge in [0.1, 0.15) is 11.5 Å². The normalized spacial score (nSPS) is 32.4. The van der Waals surface area contributed by atoms with Crippen LogP contribution in [-0.4, -0.2) is 95.0 Å². The van der Waals surface area contributed by atoms with E-state index in [0.29, 0.717) is 29.7 Å². The summed E-state index contributed by atoms with van der Waals surface area (Å²) < 4.78 is 5.89. The number of nitrogens with zero attached hydrogens (tertiary/aromatic N) is 2. The predicted molar refractivity (Wildman–Crippen MR) is 153 cm³/mol. The minimum absolute atomic E-state index is 0.00746. The lowest BCUT2D eigenvalue weighted by Gasteiger charge is -2.52. The second kappa shape index (κ2) is 10.8. The van der Waals surface area contributed by atoms with E-state index < -0.39 is 64.4 Å². The van der Waals surface area contributed by atoms with Crippen LogP contribution in [0.2, 0.25) is 0 Å².